The van der Waals surface area contributed by atoms with E-state index in [4.69, 9.17) is 15.2 Å². The molecule has 1 rings (SSSR count). The second kappa shape index (κ2) is 7.35. The molecule has 1 aromatic carbocycles. The molecule has 0 aliphatic carbocycles. The molecule has 1 unspecified atom stereocenters. The molecule has 19 heavy (non-hydrogen) atoms. The third-order valence-electron chi connectivity index (χ3n) is 2.66. The number of hydrogen-bond donors (Lipinski definition) is 1. The van der Waals surface area contributed by atoms with Gasteiger partial charge < -0.3 is 15.2 Å². The third kappa shape index (κ3) is 6.45. The smallest absolute Gasteiger partial charge is 0.411 e. The predicted molar refractivity (Wildman–Crippen MR) is 66.2 cm³/mol. The molecule has 0 heterocycles. The van der Waals surface area contributed by atoms with E-state index in [0.717, 1.165) is 11.3 Å². The Bertz CT molecular complexity index is 365. The Labute approximate surface area is 110 Å². The number of methoxy groups -OCH3 is 1. The molecule has 0 fully saturated rings. The summed E-state index contributed by atoms with van der Waals surface area (Å²) in [6.07, 6.45) is -3.82. The number of halogens is 3. The highest BCUT2D eigenvalue weighted by Crippen LogP contribution is 2.17. The number of ether oxygens (including phenoxy) is 2. The van der Waals surface area contributed by atoms with Crippen LogP contribution < -0.4 is 10.5 Å². The number of alkyl halides is 3. The Morgan fingerprint density at radius 2 is 1.84 bits per heavy atom. The zero-order chi connectivity index (χ0) is 14.3. The first-order valence-corrected chi connectivity index (χ1v) is 5.96. The van der Waals surface area contributed by atoms with Crippen LogP contribution in [0.5, 0.6) is 5.75 Å². The van der Waals surface area contributed by atoms with Gasteiger partial charge in [-0.2, -0.15) is 13.2 Å². The molecule has 3 nitrogen and oxygen atoms in total. The van der Waals surface area contributed by atoms with Crippen LogP contribution in [0.2, 0.25) is 0 Å². The highest BCUT2D eigenvalue weighted by Gasteiger charge is 2.28. The normalized spacial score (nSPS) is 13.3. The van der Waals surface area contributed by atoms with E-state index in [1.165, 1.54) is 0 Å². The molecule has 0 spiro atoms. The van der Waals surface area contributed by atoms with Crippen molar-refractivity contribution >= 4 is 0 Å². The number of nitrogens with two attached hydrogens (primary N) is 1. The summed E-state index contributed by atoms with van der Waals surface area (Å²) in [5, 5.41) is 0. The second-order valence-electron chi connectivity index (χ2n) is 4.17. The molecule has 0 aliphatic rings. The lowest BCUT2D eigenvalue weighted by Crippen LogP contribution is -2.29. The fraction of sp³-hybridized carbons (Fsp3) is 0.538. The van der Waals surface area contributed by atoms with Crippen molar-refractivity contribution < 1.29 is 22.6 Å². The van der Waals surface area contributed by atoms with Gasteiger partial charge >= 0.3 is 6.18 Å². The second-order valence-corrected chi connectivity index (χ2v) is 4.17. The van der Waals surface area contributed by atoms with E-state index >= 15 is 0 Å². The lowest BCUT2D eigenvalue weighted by Gasteiger charge is -2.17. The summed E-state index contributed by atoms with van der Waals surface area (Å²) in [5.74, 6) is 0.743. The average molecular weight is 277 g/mol. The van der Waals surface area contributed by atoms with Gasteiger partial charge in [-0.05, 0) is 30.5 Å². The number of rotatable bonds is 7. The van der Waals surface area contributed by atoms with Gasteiger partial charge in [-0.1, -0.05) is 12.1 Å². The van der Waals surface area contributed by atoms with E-state index < -0.39 is 18.9 Å². The monoisotopic (exact) mass is 277 g/mol. The van der Waals surface area contributed by atoms with E-state index in [1.54, 1.807) is 7.11 Å². The van der Waals surface area contributed by atoms with Crippen LogP contribution in [0.25, 0.3) is 0 Å². The highest BCUT2D eigenvalue weighted by molar-refractivity contribution is 5.27. The van der Waals surface area contributed by atoms with Crippen molar-refractivity contribution in [3.8, 4) is 5.75 Å². The quantitative estimate of drug-likeness (QED) is 0.833. The molecular weight excluding hydrogens is 259 g/mol. The fourth-order valence-corrected chi connectivity index (χ4v) is 1.60. The Balaban J connectivity index is 2.39. The van der Waals surface area contributed by atoms with Crippen molar-refractivity contribution in [3.05, 3.63) is 29.8 Å². The van der Waals surface area contributed by atoms with Crippen molar-refractivity contribution in [1.82, 2.24) is 0 Å². The van der Waals surface area contributed by atoms with Crippen molar-refractivity contribution in [2.24, 2.45) is 5.73 Å². The molecule has 6 heteroatoms. The average Bonchev–Trinajstić information content (AvgIpc) is 2.38. The molecule has 0 aromatic heterocycles. The SMILES string of the molecule is COc1ccc(CCC(CN)OCC(F)(F)F)cc1. The minimum atomic E-state index is -4.31. The van der Waals surface area contributed by atoms with Crippen molar-refractivity contribution in [2.45, 2.75) is 25.1 Å². The Hall–Kier alpha value is -1.27. The summed E-state index contributed by atoms with van der Waals surface area (Å²) in [4.78, 5) is 0. The van der Waals surface area contributed by atoms with Crippen molar-refractivity contribution in [1.29, 1.82) is 0 Å². The minimum absolute atomic E-state index is 0.0756. The Kier molecular flexibility index (Phi) is 6.11. The Morgan fingerprint density at radius 3 is 2.32 bits per heavy atom. The molecule has 0 saturated heterocycles. The molecule has 1 aromatic rings. The zero-order valence-electron chi connectivity index (χ0n) is 10.7. The van der Waals surface area contributed by atoms with Crippen LogP contribution in [0.4, 0.5) is 13.2 Å². The lowest BCUT2D eigenvalue weighted by atomic mass is 10.1. The summed E-state index contributed by atoms with van der Waals surface area (Å²) < 4.78 is 45.8. The van der Waals surface area contributed by atoms with E-state index in [9.17, 15) is 13.2 Å². The summed E-state index contributed by atoms with van der Waals surface area (Å²) in [7, 11) is 1.57. The van der Waals surface area contributed by atoms with E-state index in [0.29, 0.717) is 12.8 Å². The first-order chi connectivity index (χ1) is 8.94. The van der Waals surface area contributed by atoms with E-state index in [2.05, 4.69) is 0 Å². The first kappa shape index (κ1) is 15.8. The standard InChI is InChI=1S/C13H18F3NO2/c1-18-11-5-2-10(3-6-11)4-7-12(8-17)19-9-13(14,15)16/h2-3,5-6,12H,4,7-9,17H2,1H3. The van der Waals surface area contributed by atoms with Crippen LogP contribution in [-0.4, -0.2) is 32.5 Å². The van der Waals surface area contributed by atoms with Gasteiger partial charge in [-0.15, -0.1) is 0 Å². The first-order valence-electron chi connectivity index (χ1n) is 5.96. The number of benzene rings is 1. The van der Waals surface area contributed by atoms with Crippen LogP contribution in [0, 0.1) is 0 Å². The molecule has 108 valence electrons. The largest absolute Gasteiger partial charge is 0.497 e. The Morgan fingerprint density at radius 1 is 1.21 bits per heavy atom. The molecule has 0 amide bonds. The van der Waals surface area contributed by atoms with Gasteiger partial charge in [0.2, 0.25) is 0 Å². The van der Waals surface area contributed by atoms with Crippen molar-refractivity contribution in [3.63, 3.8) is 0 Å². The van der Waals surface area contributed by atoms with Crippen LogP contribution in [-0.2, 0) is 11.2 Å². The van der Waals surface area contributed by atoms with Gasteiger partial charge in [0.15, 0.2) is 0 Å². The fourth-order valence-electron chi connectivity index (χ4n) is 1.60. The van der Waals surface area contributed by atoms with Gasteiger partial charge in [-0.3, -0.25) is 0 Å². The highest BCUT2D eigenvalue weighted by atomic mass is 19.4. The van der Waals surface area contributed by atoms with E-state index in [1.807, 2.05) is 24.3 Å². The summed E-state index contributed by atoms with van der Waals surface area (Å²) in [5.41, 5.74) is 6.41. The maximum Gasteiger partial charge on any atom is 0.411 e. The van der Waals surface area contributed by atoms with E-state index in [-0.39, 0.29) is 6.54 Å². The number of aryl methyl sites for hydroxylation is 1. The zero-order valence-corrected chi connectivity index (χ0v) is 10.7. The molecule has 2 N–H and O–H groups in total. The topological polar surface area (TPSA) is 44.5 Å². The molecule has 0 aliphatic heterocycles. The summed E-state index contributed by atoms with van der Waals surface area (Å²) in [6, 6.07) is 7.36. The molecule has 0 radical (unpaired) electrons. The molecular formula is C13H18F3NO2. The van der Waals surface area contributed by atoms with Crippen LogP contribution in [0.1, 0.15) is 12.0 Å². The summed E-state index contributed by atoms with van der Waals surface area (Å²) in [6.45, 7) is -1.18. The van der Waals surface area contributed by atoms with Gasteiger partial charge in [0.25, 0.3) is 0 Å². The molecule has 0 saturated carbocycles. The number of hydrogen-bond acceptors (Lipinski definition) is 3. The van der Waals surface area contributed by atoms with Crippen LogP contribution in [0.15, 0.2) is 24.3 Å². The van der Waals surface area contributed by atoms with Crippen LogP contribution >= 0.6 is 0 Å². The van der Waals surface area contributed by atoms with Crippen molar-refractivity contribution in [2.75, 3.05) is 20.3 Å². The molecule has 1 atom stereocenters. The lowest BCUT2D eigenvalue weighted by molar-refractivity contribution is -0.184. The predicted octanol–water partition coefficient (Wildman–Crippen LogP) is 2.53. The van der Waals surface area contributed by atoms with Gasteiger partial charge in [0.1, 0.15) is 12.4 Å². The third-order valence-corrected chi connectivity index (χ3v) is 2.66. The summed E-state index contributed by atoms with van der Waals surface area (Å²) >= 11 is 0. The maximum absolute atomic E-state index is 12.0. The van der Waals surface area contributed by atoms with Gasteiger partial charge in [-0.25, -0.2) is 0 Å². The molecule has 0 bridgehead atoms. The van der Waals surface area contributed by atoms with Gasteiger partial charge in [0, 0.05) is 6.54 Å². The van der Waals surface area contributed by atoms with Gasteiger partial charge in [0.05, 0.1) is 13.2 Å². The van der Waals surface area contributed by atoms with Crippen LogP contribution in [0.3, 0.4) is 0 Å². The minimum Gasteiger partial charge on any atom is -0.497 e. The maximum atomic E-state index is 12.0.